The maximum absolute atomic E-state index is 9.30. The minimum absolute atomic E-state index is 0.316. The molecule has 2 heterocycles. The summed E-state index contributed by atoms with van der Waals surface area (Å²) in [5, 5.41) is 18.6. The molecule has 2 aliphatic rings. The van der Waals surface area contributed by atoms with Crippen LogP contribution in [-0.2, 0) is 9.47 Å². The molecule has 5 heteroatoms. The fourth-order valence-corrected chi connectivity index (χ4v) is 1.43. The molecule has 0 aliphatic carbocycles. The van der Waals surface area contributed by atoms with Gasteiger partial charge in [-0.1, -0.05) is 0 Å². The van der Waals surface area contributed by atoms with E-state index in [4.69, 9.17) is 15.2 Å². The molecule has 0 saturated carbocycles. The van der Waals surface area contributed by atoms with Crippen molar-refractivity contribution in [1.29, 1.82) is 0 Å². The van der Waals surface area contributed by atoms with Crippen LogP contribution < -0.4 is 5.73 Å². The van der Waals surface area contributed by atoms with E-state index in [9.17, 15) is 10.2 Å². The zero-order chi connectivity index (χ0) is 8.01. The molecule has 0 radical (unpaired) electrons. The van der Waals surface area contributed by atoms with Crippen LogP contribution in [-0.4, -0.2) is 47.5 Å². The Morgan fingerprint density at radius 3 is 2.73 bits per heavy atom. The van der Waals surface area contributed by atoms with E-state index in [2.05, 4.69) is 0 Å². The molecule has 5 nitrogen and oxygen atoms in total. The summed E-state index contributed by atoms with van der Waals surface area (Å²) in [6.07, 6.45) is -2.79. The van der Waals surface area contributed by atoms with Crippen LogP contribution >= 0.6 is 0 Å². The first-order chi connectivity index (χ1) is 5.20. The van der Waals surface area contributed by atoms with Crippen molar-refractivity contribution in [2.45, 2.75) is 30.6 Å². The van der Waals surface area contributed by atoms with Gasteiger partial charge in [0.1, 0.15) is 18.3 Å². The van der Waals surface area contributed by atoms with Gasteiger partial charge in [-0.25, -0.2) is 0 Å². The molecule has 2 fully saturated rings. The fraction of sp³-hybridized carbons (Fsp3) is 1.00. The summed E-state index contributed by atoms with van der Waals surface area (Å²) >= 11 is 0. The summed E-state index contributed by atoms with van der Waals surface area (Å²) in [4.78, 5) is 0. The molecule has 2 aliphatic heterocycles. The zero-order valence-electron chi connectivity index (χ0n) is 5.88. The highest BCUT2D eigenvalue weighted by molar-refractivity contribution is 4.94. The molecule has 0 spiro atoms. The first kappa shape index (κ1) is 7.45. The van der Waals surface area contributed by atoms with Gasteiger partial charge < -0.3 is 25.4 Å². The van der Waals surface area contributed by atoms with Crippen LogP contribution in [0.5, 0.6) is 0 Å². The Bertz CT molecular complexity index is 145. The number of ether oxygens (including phenoxy) is 2. The number of fused-ring (bicyclic) bond motifs is 2. The first-order valence-corrected chi connectivity index (χ1v) is 3.59. The van der Waals surface area contributed by atoms with Gasteiger partial charge in [0, 0.05) is 0 Å². The van der Waals surface area contributed by atoms with E-state index in [0.717, 1.165) is 0 Å². The van der Waals surface area contributed by atoms with E-state index in [-0.39, 0.29) is 0 Å². The lowest BCUT2D eigenvalue weighted by Crippen LogP contribution is -2.57. The second-order valence-corrected chi connectivity index (χ2v) is 2.93. The summed E-state index contributed by atoms with van der Waals surface area (Å²) < 4.78 is 10.2. The van der Waals surface area contributed by atoms with Crippen LogP contribution in [0, 0.1) is 0 Å². The minimum Gasteiger partial charge on any atom is -0.388 e. The summed E-state index contributed by atoms with van der Waals surface area (Å²) in [5.74, 6) is 0. The normalized spacial score (nSPS) is 56.5. The number of hydrogen-bond acceptors (Lipinski definition) is 5. The molecule has 11 heavy (non-hydrogen) atoms. The number of aliphatic hydroxyl groups is 2. The van der Waals surface area contributed by atoms with Crippen molar-refractivity contribution in [2.24, 2.45) is 5.73 Å². The number of aliphatic hydroxyl groups excluding tert-OH is 2. The SMILES string of the molecule is N[C@H]1[C@@H]2OC[C@@H](O2)[C@H](O)[C@@H]1O. The minimum atomic E-state index is -0.929. The molecular formula is C6H11NO4. The van der Waals surface area contributed by atoms with Crippen LogP contribution in [0.1, 0.15) is 0 Å². The smallest absolute Gasteiger partial charge is 0.175 e. The van der Waals surface area contributed by atoms with Gasteiger partial charge in [-0.2, -0.15) is 0 Å². The van der Waals surface area contributed by atoms with E-state index < -0.39 is 30.6 Å². The zero-order valence-corrected chi connectivity index (χ0v) is 5.88. The van der Waals surface area contributed by atoms with Crippen molar-refractivity contribution in [3.63, 3.8) is 0 Å². The Balaban J connectivity index is 2.16. The molecule has 5 atom stereocenters. The first-order valence-electron chi connectivity index (χ1n) is 3.59. The van der Waals surface area contributed by atoms with Crippen molar-refractivity contribution < 1.29 is 19.7 Å². The molecule has 0 unspecified atom stereocenters. The maximum atomic E-state index is 9.30. The van der Waals surface area contributed by atoms with Crippen molar-refractivity contribution in [1.82, 2.24) is 0 Å². The van der Waals surface area contributed by atoms with Gasteiger partial charge in [0.25, 0.3) is 0 Å². The molecule has 2 rings (SSSR count). The Labute approximate surface area is 63.7 Å². The van der Waals surface area contributed by atoms with Crippen LogP contribution in [0.4, 0.5) is 0 Å². The largest absolute Gasteiger partial charge is 0.388 e. The van der Waals surface area contributed by atoms with Gasteiger partial charge >= 0.3 is 0 Å². The molecule has 2 saturated heterocycles. The standard InChI is InChI=1S/C6H11NO4/c7-3-5(9)4(8)2-1-10-6(3)11-2/h2-6,8-9H,1,7H2/t2-,3-,4+,5-,6-/m1/s1. The average Bonchev–Trinajstić information content (AvgIpc) is 2.44. The average molecular weight is 161 g/mol. The lowest BCUT2D eigenvalue weighted by molar-refractivity contribution is -0.177. The third-order valence-electron chi connectivity index (χ3n) is 2.17. The predicted octanol–water partition coefficient (Wildman–Crippen LogP) is -2.21. The fourth-order valence-electron chi connectivity index (χ4n) is 1.43. The highest BCUT2D eigenvalue weighted by Gasteiger charge is 2.47. The molecule has 4 N–H and O–H groups in total. The van der Waals surface area contributed by atoms with Gasteiger partial charge in [0.2, 0.25) is 0 Å². The Hall–Kier alpha value is -0.200. The van der Waals surface area contributed by atoms with E-state index in [1.54, 1.807) is 0 Å². The van der Waals surface area contributed by atoms with Gasteiger partial charge in [-0.05, 0) is 0 Å². The molecule has 64 valence electrons. The van der Waals surface area contributed by atoms with Crippen molar-refractivity contribution in [3.05, 3.63) is 0 Å². The van der Waals surface area contributed by atoms with Gasteiger partial charge in [0.15, 0.2) is 6.29 Å². The van der Waals surface area contributed by atoms with Gasteiger partial charge in [0.05, 0.1) is 12.6 Å². The highest BCUT2D eigenvalue weighted by Crippen LogP contribution is 2.26. The summed E-state index contributed by atoms with van der Waals surface area (Å²) in [6.45, 7) is 0.316. The van der Waals surface area contributed by atoms with Crippen molar-refractivity contribution in [3.8, 4) is 0 Å². The van der Waals surface area contributed by atoms with Crippen LogP contribution in [0.15, 0.2) is 0 Å². The van der Waals surface area contributed by atoms with Crippen LogP contribution in [0.25, 0.3) is 0 Å². The Morgan fingerprint density at radius 1 is 1.27 bits per heavy atom. The summed E-state index contributed by atoms with van der Waals surface area (Å²) in [6, 6.07) is -0.635. The number of nitrogens with two attached hydrogens (primary N) is 1. The lowest BCUT2D eigenvalue weighted by atomic mass is 10.00. The summed E-state index contributed by atoms with van der Waals surface area (Å²) in [5.41, 5.74) is 5.49. The Morgan fingerprint density at radius 2 is 2.00 bits per heavy atom. The van der Waals surface area contributed by atoms with Crippen molar-refractivity contribution >= 4 is 0 Å². The molecular weight excluding hydrogens is 150 g/mol. The topological polar surface area (TPSA) is 84.9 Å². The van der Waals surface area contributed by atoms with E-state index in [0.29, 0.717) is 6.61 Å². The number of hydrogen-bond donors (Lipinski definition) is 3. The maximum Gasteiger partial charge on any atom is 0.175 e. The Kier molecular flexibility index (Phi) is 1.62. The molecule has 0 aromatic heterocycles. The van der Waals surface area contributed by atoms with Crippen LogP contribution in [0.3, 0.4) is 0 Å². The monoisotopic (exact) mass is 161 g/mol. The third-order valence-corrected chi connectivity index (χ3v) is 2.17. The molecule has 0 aromatic carbocycles. The predicted molar refractivity (Wildman–Crippen MR) is 34.6 cm³/mol. The van der Waals surface area contributed by atoms with E-state index in [1.165, 1.54) is 0 Å². The molecule has 0 aromatic rings. The van der Waals surface area contributed by atoms with Crippen LogP contribution in [0.2, 0.25) is 0 Å². The second kappa shape index (κ2) is 2.40. The summed E-state index contributed by atoms with van der Waals surface area (Å²) in [7, 11) is 0. The third kappa shape index (κ3) is 0.969. The van der Waals surface area contributed by atoms with Crippen molar-refractivity contribution in [2.75, 3.05) is 6.61 Å². The van der Waals surface area contributed by atoms with E-state index >= 15 is 0 Å². The van der Waals surface area contributed by atoms with Gasteiger partial charge in [-0.3, -0.25) is 0 Å². The molecule has 2 bridgehead atoms. The highest BCUT2D eigenvalue weighted by atomic mass is 16.7. The van der Waals surface area contributed by atoms with E-state index in [1.807, 2.05) is 0 Å². The molecule has 0 amide bonds. The number of rotatable bonds is 0. The lowest BCUT2D eigenvalue weighted by Gasteiger charge is -2.33. The van der Waals surface area contributed by atoms with Gasteiger partial charge in [-0.15, -0.1) is 0 Å². The second-order valence-electron chi connectivity index (χ2n) is 2.93. The quantitative estimate of drug-likeness (QED) is 0.375.